The lowest BCUT2D eigenvalue weighted by Crippen LogP contribution is -2.05. The quantitative estimate of drug-likeness (QED) is 0.597. The van der Waals surface area contributed by atoms with Crippen LogP contribution in [-0.4, -0.2) is 6.17 Å². The van der Waals surface area contributed by atoms with Gasteiger partial charge in [0, 0.05) is 5.92 Å². The first kappa shape index (κ1) is 7.78. The van der Waals surface area contributed by atoms with E-state index in [4.69, 9.17) is 0 Å². The molecule has 2 rings (SSSR count). The maximum atomic E-state index is 13.3. The van der Waals surface area contributed by atoms with Crippen LogP contribution >= 0.6 is 0 Å². The molecule has 1 saturated carbocycles. The topological polar surface area (TPSA) is 0 Å². The van der Waals surface area contributed by atoms with Crippen LogP contribution in [0, 0.1) is 0 Å². The van der Waals surface area contributed by atoms with E-state index in [0.29, 0.717) is 0 Å². The highest BCUT2D eigenvalue weighted by molar-refractivity contribution is 5.21. The Morgan fingerprint density at radius 3 is 2.42 bits per heavy atom. The van der Waals surface area contributed by atoms with Crippen molar-refractivity contribution in [1.29, 1.82) is 0 Å². The fourth-order valence-electron chi connectivity index (χ4n) is 1.99. The Kier molecular flexibility index (Phi) is 2.11. The van der Waals surface area contributed by atoms with Crippen LogP contribution < -0.4 is 0 Å². The zero-order valence-electron chi connectivity index (χ0n) is 7.04. The number of rotatable bonds is 1. The number of hydrogen-bond donors (Lipinski definition) is 0. The van der Waals surface area contributed by atoms with Crippen LogP contribution in [0.2, 0.25) is 0 Å². The van der Waals surface area contributed by atoms with Crippen molar-refractivity contribution in [2.45, 2.75) is 31.4 Å². The van der Waals surface area contributed by atoms with E-state index in [1.54, 1.807) is 0 Å². The van der Waals surface area contributed by atoms with Gasteiger partial charge in [0.2, 0.25) is 0 Å². The molecule has 0 nitrogen and oxygen atoms in total. The number of halogens is 1. The van der Waals surface area contributed by atoms with Crippen molar-refractivity contribution in [2.24, 2.45) is 0 Å². The van der Waals surface area contributed by atoms with Gasteiger partial charge in [-0.25, -0.2) is 4.39 Å². The molecule has 2 atom stereocenters. The second-order valence-electron chi connectivity index (χ2n) is 3.46. The lowest BCUT2D eigenvalue weighted by atomic mass is 9.97. The van der Waals surface area contributed by atoms with Crippen molar-refractivity contribution >= 4 is 0 Å². The molecule has 0 aromatic heterocycles. The Morgan fingerprint density at radius 1 is 1.08 bits per heavy atom. The van der Waals surface area contributed by atoms with Gasteiger partial charge in [0.05, 0.1) is 0 Å². The molecular weight excluding hydrogens is 151 g/mol. The number of hydrogen-bond acceptors (Lipinski definition) is 0. The van der Waals surface area contributed by atoms with Gasteiger partial charge in [-0.15, -0.1) is 0 Å². The zero-order chi connectivity index (χ0) is 8.39. The van der Waals surface area contributed by atoms with E-state index in [-0.39, 0.29) is 5.92 Å². The van der Waals surface area contributed by atoms with E-state index >= 15 is 0 Å². The first-order valence-electron chi connectivity index (χ1n) is 4.57. The van der Waals surface area contributed by atoms with Gasteiger partial charge in [-0.3, -0.25) is 0 Å². The molecular formula is C11H13F. The molecule has 0 amide bonds. The summed E-state index contributed by atoms with van der Waals surface area (Å²) < 4.78 is 13.3. The summed E-state index contributed by atoms with van der Waals surface area (Å²) in [6.45, 7) is 0. The van der Waals surface area contributed by atoms with Crippen molar-refractivity contribution in [3.63, 3.8) is 0 Å². The van der Waals surface area contributed by atoms with Crippen LogP contribution in [0.3, 0.4) is 0 Å². The van der Waals surface area contributed by atoms with Gasteiger partial charge in [-0.05, 0) is 24.8 Å². The van der Waals surface area contributed by atoms with Crippen molar-refractivity contribution in [3.8, 4) is 0 Å². The fraction of sp³-hybridized carbons (Fsp3) is 0.455. The summed E-state index contributed by atoms with van der Waals surface area (Å²) in [5.41, 5.74) is 1.17. The molecule has 0 bridgehead atoms. The molecule has 12 heavy (non-hydrogen) atoms. The highest BCUT2D eigenvalue weighted by Gasteiger charge is 2.27. The summed E-state index contributed by atoms with van der Waals surface area (Å²) >= 11 is 0. The minimum absolute atomic E-state index is 0.172. The molecule has 1 aromatic rings. The maximum Gasteiger partial charge on any atom is 0.107 e. The molecule has 0 saturated heterocycles. The molecule has 64 valence electrons. The van der Waals surface area contributed by atoms with Gasteiger partial charge in [0.25, 0.3) is 0 Å². The molecule has 0 N–H and O–H groups in total. The van der Waals surface area contributed by atoms with Gasteiger partial charge in [-0.2, -0.15) is 0 Å². The summed E-state index contributed by atoms with van der Waals surface area (Å²) in [5, 5.41) is 0. The van der Waals surface area contributed by atoms with Gasteiger partial charge in [0.1, 0.15) is 6.17 Å². The minimum atomic E-state index is -0.604. The van der Waals surface area contributed by atoms with Crippen molar-refractivity contribution in [1.82, 2.24) is 0 Å². The highest BCUT2D eigenvalue weighted by atomic mass is 19.1. The summed E-state index contributed by atoms with van der Waals surface area (Å²) in [5.74, 6) is 0.172. The average Bonchev–Trinajstić information content (AvgIpc) is 2.53. The normalized spacial score (nSPS) is 29.1. The first-order valence-corrected chi connectivity index (χ1v) is 4.57. The van der Waals surface area contributed by atoms with Crippen LogP contribution in [0.25, 0.3) is 0 Å². The van der Waals surface area contributed by atoms with Crippen molar-refractivity contribution < 1.29 is 4.39 Å². The van der Waals surface area contributed by atoms with E-state index in [1.807, 2.05) is 30.3 Å². The van der Waals surface area contributed by atoms with E-state index in [9.17, 15) is 4.39 Å². The molecule has 1 heteroatoms. The zero-order valence-corrected chi connectivity index (χ0v) is 7.04. The molecule has 0 radical (unpaired) electrons. The first-order chi connectivity index (χ1) is 5.88. The molecule has 1 aromatic carbocycles. The summed E-state index contributed by atoms with van der Waals surface area (Å²) in [7, 11) is 0. The third-order valence-corrected chi connectivity index (χ3v) is 2.66. The fourth-order valence-corrected chi connectivity index (χ4v) is 1.99. The molecule has 1 fully saturated rings. The Bertz CT molecular complexity index is 242. The SMILES string of the molecule is FC1CCCC1c1ccccc1. The van der Waals surface area contributed by atoms with Gasteiger partial charge in [-0.1, -0.05) is 30.3 Å². The van der Waals surface area contributed by atoms with Crippen LogP contribution in [0.1, 0.15) is 30.7 Å². The molecule has 0 spiro atoms. The van der Waals surface area contributed by atoms with Crippen LogP contribution in [0.15, 0.2) is 30.3 Å². The van der Waals surface area contributed by atoms with Gasteiger partial charge >= 0.3 is 0 Å². The predicted octanol–water partition coefficient (Wildman–Crippen LogP) is 3.29. The number of benzene rings is 1. The van der Waals surface area contributed by atoms with Gasteiger partial charge in [0.15, 0.2) is 0 Å². The van der Waals surface area contributed by atoms with Crippen LogP contribution in [0.4, 0.5) is 4.39 Å². The molecule has 2 unspecified atom stereocenters. The third kappa shape index (κ3) is 1.36. The Balaban J connectivity index is 2.19. The maximum absolute atomic E-state index is 13.3. The van der Waals surface area contributed by atoms with Crippen molar-refractivity contribution in [2.75, 3.05) is 0 Å². The lowest BCUT2D eigenvalue weighted by molar-refractivity contribution is 0.312. The highest BCUT2D eigenvalue weighted by Crippen LogP contribution is 2.36. The average molecular weight is 164 g/mol. The summed E-state index contributed by atoms with van der Waals surface area (Å²) in [6.07, 6.45) is 2.21. The van der Waals surface area contributed by atoms with E-state index in [1.165, 1.54) is 5.56 Å². The standard InChI is InChI=1S/C11H13F/c12-11-8-4-7-10(11)9-5-2-1-3-6-9/h1-3,5-6,10-11H,4,7-8H2. The lowest BCUT2D eigenvalue weighted by Gasteiger charge is -2.11. The van der Waals surface area contributed by atoms with Crippen LogP contribution in [-0.2, 0) is 0 Å². The predicted molar refractivity (Wildman–Crippen MR) is 47.9 cm³/mol. The van der Waals surface area contributed by atoms with E-state index < -0.39 is 6.17 Å². The van der Waals surface area contributed by atoms with Gasteiger partial charge < -0.3 is 0 Å². The number of alkyl halides is 1. The Hall–Kier alpha value is -0.850. The largest absolute Gasteiger partial charge is 0.247 e. The summed E-state index contributed by atoms with van der Waals surface area (Å²) in [6, 6.07) is 10.0. The van der Waals surface area contributed by atoms with E-state index in [2.05, 4.69) is 0 Å². The molecule has 0 heterocycles. The molecule has 1 aliphatic carbocycles. The third-order valence-electron chi connectivity index (χ3n) is 2.66. The van der Waals surface area contributed by atoms with E-state index in [0.717, 1.165) is 19.3 Å². The van der Waals surface area contributed by atoms with Crippen LogP contribution in [0.5, 0.6) is 0 Å². The molecule has 1 aliphatic rings. The summed E-state index contributed by atoms with van der Waals surface area (Å²) in [4.78, 5) is 0. The second kappa shape index (κ2) is 3.26. The Labute approximate surface area is 72.4 Å². The molecule has 0 aliphatic heterocycles. The minimum Gasteiger partial charge on any atom is -0.247 e. The smallest absolute Gasteiger partial charge is 0.107 e. The monoisotopic (exact) mass is 164 g/mol. The van der Waals surface area contributed by atoms with Crippen molar-refractivity contribution in [3.05, 3.63) is 35.9 Å². The Morgan fingerprint density at radius 2 is 1.83 bits per heavy atom. The second-order valence-corrected chi connectivity index (χ2v) is 3.46.